The fourth-order valence-electron chi connectivity index (χ4n) is 2.41. The number of nitrogens with zero attached hydrogens (tertiary/aromatic N) is 3. The van der Waals surface area contributed by atoms with E-state index in [1.165, 1.54) is 20.0 Å². The molecule has 4 rings (SSSR count). The van der Waals surface area contributed by atoms with E-state index in [1.54, 1.807) is 36.5 Å². The third-order valence-electron chi connectivity index (χ3n) is 4.14. The average Bonchev–Trinajstić information content (AvgIpc) is 3.40. The Morgan fingerprint density at radius 3 is 2.58 bits per heavy atom. The van der Waals surface area contributed by atoms with Gasteiger partial charge >= 0.3 is 5.97 Å². The number of carbonyl (C=O) groups is 1. The molecule has 1 aliphatic carbocycles. The van der Waals surface area contributed by atoms with Crippen LogP contribution in [0.4, 0.5) is 0 Å². The lowest BCUT2D eigenvalue weighted by molar-refractivity contribution is 0.0601. The minimum absolute atomic E-state index is 0.373. The van der Waals surface area contributed by atoms with Gasteiger partial charge in [0, 0.05) is 17.8 Å². The lowest BCUT2D eigenvalue weighted by Crippen LogP contribution is -2.00. The summed E-state index contributed by atoms with van der Waals surface area (Å²) >= 11 is 0. The third-order valence-corrected chi connectivity index (χ3v) is 4.14. The van der Waals surface area contributed by atoms with Crippen molar-refractivity contribution in [3.63, 3.8) is 0 Å². The van der Waals surface area contributed by atoms with Gasteiger partial charge in [-0.25, -0.2) is 9.78 Å². The van der Waals surface area contributed by atoms with Gasteiger partial charge in [-0.15, -0.1) is 0 Å². The molecule has 0 bridgehead atoms. The smallest absolute Gasteiger partial charge is 0.337 e. The fourth-order valence-corrected chi connectivity index (χ4v) is 2.41. The third kappa shape index (κ3) is 3.56. The normalized spacial score (nSPS) is 13.4. The van der Waals surface area contributed by atoms with Crippen molar-refractivity contribution in [1.82, 2.24) is 15.1 Å². The Kier molecular flexibility index (Phi) is 4.35. The van der Waals surface area contributed by atoms with Crippen LogP contribution in [0.5, 0.6) is 5.88 Å². The summed E-state index contributed by atoms with van der Waals surface area (Å²) in [7, 11) is 1.35. The van der Waals surface area contributed by atoms with E-state index in [1.807, 2.05) is 6.07 Å². The number of benzene rings is 1. The minimum atomic E-state index is -0.389. The van der Waals surface area contributed by atoms with Crippen LogP contribution in [0.2, 0.25) is 0 Å². The van der Waals surface area contributed by atoms with Crippen molar-refractivity contribution in [2.24, 2.45) is 5.92 Å². The van der Waals surface area contributed by atoms with Gasteiger partial charge in [-0.2, -0.15) is 4.98 Å². The Balaban J connectivity index is 1.47. The molecule has 26 heavy (non-hydrogen) atoms. The Bertz CT molecular complexity index is 899. The van der Waals surface area contributed by atoms with E-state index >= 15 is 0 Å². The van der Waals surface area contributed by atoms with Crippen molar-refractivity contribution in [1.29, 1.82) is 0 Å². The van der Waals surface area contributed by atoms with Crippen LogP contribution in [0.1, 0.15) is 23.2 Å². The van der Waals surface area contributed by atoms with Crippen molar-refractivity contribution in [3.05, 3.63) is 48.2 Å². The van der Waals surface area contributed by atoms with Gasteiger partial charge in [0.1, 0.15) is 0 Å². The molecular weight excluding hydrogens is 334 g/mol. The summed E-state index contributed by atoms with van der Waals surface area (Å²) in [6, 6.07) is 10.4. The van der Waals surface area contributed by atoms with E-state index in [0.29, 0.717) is 34.6 Å². The molecule has 0 saturated heterocycles. The number of aromatic nitrogens is 3. The van der Waals surface area contributed by atoms with Gasteiger partial charge in [-0.05, 0) is 37.0 Å². The predicted octanol–water partition coefficient (Wildman–Crippen LogP) is 3.37. The lowest BCUT2D eigenvalue weighted by Gasteiger charge is -2.03. The molecule has 7 heteroatoms. The van der Waals surface area contributed by atoms with Crippen LogP contribution in [-0.2, 0) is 4.74 Å². The second-order valence-electron chi connectivity index (χ2n) is 6.13. The highest BCUT2D eigenvalue weighted by atomic mass is 16.5. The number of hydrogen-bond acceptors (Lipinski definition) is 7. The molecule has 0 atom stereocenters. The number of pyridine rings is 1. The van der Waals surface area contributed by atoms with Gasteiger partial charge in [0.25, 0.3) is 5.89 Å². The number of methoxy groups -OCH3 is 1. The van der Waals surface area contributed by atoms with E-state index in [9.17, 15) is 4.79 Å². The van der Waals surface area contributed by atoms with Crippen molar-refractivity contribution in [2.45, 2.75) is 12.8 Å². The van der Waals surface area contributed by atoms with Crippen LogP contribution in [0.3, 0.4) is 0 Å². The molecule has 1 aromatic carbocycles. The molecule has 0 N–H and O–H groups in total. The summed E-state index contributed by atoms with van der Waals surface area (Å²) in [5.74, 6) is 1.70. The molecule has 2 aromatic heterocycles. The second-order valence-corrected chi connectivity index (χ2v) is 6.13. The largest absolute Gasteiger partial charge is 0.477 e. The van der Waals surface area contributed by atoms with Crippen LogP contribution < -0.4 is 4.74 Å². The number of carbonyl (C=O) groups excluding carboxylic acids is 1. The first-order valence-corrected chi connectivity index (χ1v) is 8.34. The molecule has 0 aliphatic heterocycles. The van der Waals surface area contributed by atoms with Gasteiger partial charge in [-0.1, -0.05) is 17.3 Å². The Morgan fingerprint density at radius 1 is 1.15 bits per heavy atom. The van der Waals surface area contributed by atoms with E-state index in [2.05, 4.69) is 19.9 Å². The maximum Gasteiger partial charge on any atom is 0.337 e. The first-order valence-electron chi connectivity index (χ1n) is 8.34. The van der Waals surface area contributed by atoms with Crippen LogP contribution in [0.15, 0.2) is 47.1 Å². The SMILES string of the molecule is COC(=O)c1ccc(-c2noc(-c3ccc(OCC4CC4)nc3)n2)cc1. The topological polar surface area (TPSA) is 87.3 Å². The second kappa shape index (κ2) is 6.95. The first-order chi connectivity index (χ1) is 12.7. The Labute approximate surface area is 150 Å². The predicted molar refractivity (Wildman–Crippen MR) is 92.5 cm³/mol. The lowest BCUT2D eigenvalue weighted by atomic mass is 10.1. The van der Waals surface area contributed by atoms with Crippen molar-refractivity contribution in [3.8, 4) is 28.7 Å². The highest BCUT2D eigenvalue weighted by molar-refractivity contribution is 5.89. The summed E-state index contributed by atoms with van der Waals surface area (Å²) in [4.78, 5) is 20.1. The Morgan fingerprint density at radius 2 is 1.92 bits per heavy atom. The van der Waals surface area contributed by atoms with Crippen LogP contribution in [0.25, 0.3) is 22.8 Å². The molecule has 7 nitrogen and oxygen atoms in total. The molecule has 1 fully saturated rings. The highest BCUT2D eigenvalue weighted by Gasteiger charge is 2.22. The number of rotatable bonds is 6. The van der Waals surface area contributed by atoms with Crippen LogP contribution in [0, 0.1) is 5.92 Å². The van der Waals surface area contributed by atoms with Crippen molar-refractivity contribution >= 4 is 5.97 Å². The molecule has 1 saturated carbocycles. The van der Waals surface area contributed by atoms with Gasteiger partial charge in [0.2, 0.25) is 11.7 Å². The molecule has 2 heterocycles. The van der Waals surface area contributed by atoms with E-state index in [0.717, 1.165) is 12.2 Å². The monoisotopic (exact) mass is 351 g/mol. The zero-order valence-corrected chi connectivity index (χ0v) is 14.2. The van der Waals surface area contributed by atoms with Crippen LogP contribution >= 0.6 is 0 Å². The summed E-state index contributed by atoms with van der Waals surface area (Å²) in [5, 5.41) is 3.99. The number of esters is 1. The van der Waals surface area contributed by atoms with Gasteiger partial charge in [0.15, 0.2) is 0 Å². The molecular formula is C19H17N3O4. The average molecular weight is 351 g/mol. The van der Waals surface area contributed by atoms with E-state index in [-0.39, 0.29) is 5.97 Å². The summed E-state index contributed by atoms with van der Waals surface area (Å²) in [6.45, 7) is 0.721. The first kappa shape index (κ1) is 16.3. The fraction of sp³-hybridized carbons (Fsp3) is 0.263. The minimum Gasteiger partial charge on any atom is -0.477 e. The molecule has 132 valence electrons. The molecule has 0 amide bonds. The van der Waals surface area contributed by atoms with Gasteiger partial charge in [-0.3, -0.25) is 0 Å². The summed E-state index contributed by atoms with van der Waals surface area (Å²) in [5.41, 5.74) is 1.92. The zero-order valence-electron chi connectivity index (χ0n) is 14.2. The van der Waals surface area contributed by atoms with Gasteiger partial charge in [0.05, 0.1) is 24.8 Å². The molecule has 3 aromatic rings. The van der Waals surface area contributed by atoms with E-state index < -0.39 is 0 Å². The number of hydrogen-bond donors (Lipinski definition) is 0. The quantitative estimate of drug-likeness (QED) is 0.629. The summed E-state index contributed by atoms with van der Waals surface area (Å²) < 4.78 is 15.6. The molecule has 0 unspecified atom stereocenters. The van der Waals surface area contributed by atoms with Crippen LogP contribution in [-0.4, -0.2) is 34.8 Å². The molecule has 0 radical (unpaired) electrons. The van der Waals surface area contributed by atoms with Crippen molar-refractivity contribution < 1.29 is 18.8 Å². The zero-order chi connectivity index (χ0) is 17.9. The van der Waals surface area contributed by atoms with E-state index in [4.69, 9.17) is 9.26 Å². The standard InChI is InChI=1S/C19H17N3O4/c1-24-19(23)14-6-4-13(5-7-14)17-21-18(26-22-17)15-8-9-16(20-10-15)25-11-12-2-3-12/h4-10,12H,2-3,11H2,1H3. The maximum absolute atomic E-state index is 11.5. The summed E-state index contributed by atoms with van der Waals surface area (Å²) in [6.07, 6.45) is 4.13. The van der Waals surface area contributed by atoms with Crippen molar-refractivity contribution in [2.75, 3.05) is 13.7 Å². The number of ether oxygens (including phenoxy) is 2. The maximum atomic E-state index is 11.5. The molecule has 1 aliphatic rings. The van der Waals surface area contributed by atoms with Gasteiger partial charge < -0.3 is 14.0 Å². The Hall–Kier alpha value is -3.22. The molecule has 0 spiro atoms. The highest BCUT2D eigenvalue weighted by Crippen LogP contribution is 2.29.